The van der Waals surface area contributed by atoms with Gasteiger partial charge in [0.2, 0.25) is 0 Å². The van der Waals surface area contributed by atoms with Crippen LogP contribution in [0.25, 0.3) is 0 Å². The Hall–Kier alpha value is -1.31. The molecule has 0 heterocycles. The summed E-state index contributed by atoms with van der Waals surface area (Å²) in [5, 5.41) is 0. The second-order valence-corrected chi connectivity index (χ2v) is 3.86. The number of ketones is 1. The van der Waals surface area contributed by atoms with Gasteiger partial charge < -0.3 is 4.74 Å². The number of rotatable bonds is 4. The monoisotopic (exact) mass is 206 g/mol. The molecule has 1 aromatic rings. The third-order valence-corrected chi connectivity index (χ3v) is 2.75. The molecule has 1 atom stereocenters. The highest BCUT2D eigenvalue weighted by Gasteiger charge is 2.14. The predicted octanol–water partition coefficient (Wildman–Crippen LogP) is 3.23. The minimum absolute atomic E-state index is 0.0809. The number of hydrogen-bond donors (Lipinski definition) is 0. The van der Waals surface area contributed by atoms with Crippen LogP contribution in [-0.2, 0) is 0 Å². The number of ether oxygens (including phenoxy) is 1. The van der Waals surface area contributed by atoms with Gasteiger partial charge in [-0.05, 0) is 25.0 Å². The summed E-state index contributed by atoms with van der Waals surface area (Å²) in [4.78, 5) is 11.9. The zero-order chi connectivity index (χ0) is 11.4. The van der Waals surface area contributed by atoms with Crippen LogP contribution in [0, 0.1) is 12.8 Å². The minimum atomic E-state index is 0.0809. The third-order valence-electron chi connectivity index (χ3n) is 2.75. The van der Waals surface area contributed by atoms with E-state index in [1.165, 1.54) is 0 Å². The zero-order valence-corrected chi connectivity index (χ0v) is 9.83. The van der Waals surface area contributed by atoms with Gasteiger partial charge in [-0.25, -0.2) is 0 Å². The van der Waals surface area contributed by atoms with Gasteiger partial charge in [-0.1, -0.05) is 26.0 Å². The second-order valence-electron chi connectivity index (χ2n) is 3.86. The van der Waals surface area contributed by atoms with Crippen LogP contribution in [0.4, 0.5) is 0 Å². The smallest absolute Gasteiger partial charge is 0.165 e. The Morgan fingerprint density at radius 1 is 1.47 bits per heavy atom. The van der Waals surface area contributed by atoms with Crippen LogP contribution < -0.4 is 4.74 Å². The maximum atomic E-state index is 11.9. The molecule has 0 aliphatic carbocycles. The van der Waals surface area contributed by atoms with Crippen molar-refractivity contribution in [3.63, 3.8) is 0 Å². The largest absolute Gasteiger partial charge is 0.496 e. The molecule has 2 heteroatoms. The van der Waals surface area contributed by atoms with Crippen LogP contribution >= 0.6 is 0 Å². The molecule has 0 bridgehead atoms. The predicted molar refractivity (Wildman–Crippen MR) is 61.5 cm³/mol. The Labute approximate surface area is 91.3 Å². The summed E-state index contributed by atoms with van der Waals surface area (Å²) in [5.74, 6) is 1.05. The molecule has 0 aromatic heterocycles. The lowest BCUT2D eigenvalue weighted by Crippen LogP contribution is -2.10. The van der Waals surface area contributed by atoms with Crippen molar-refractivity contribution in [2.45, 2.75) is 27.2 Å². The molecule has 0 saturated heterocycles. The number of Topliss-reactive ketones (excluding diaryl/α,β-unsaturated/α-hetero) is 1. The lowest BCUT2D eigenvalue weighted by atomic mass is 9.96. The summed E-state index contributed by atoms with van der Waals surface area (Å²) in [7, 11) is 1.62. The van der Waals surface area contributed by atoms with Crippen molar-refractivity contribution < 1.29 is 9.53 Å². The molecule has 1 aromatic carbocycles. The van der Waals surface area contributed by atoms with Crippen LogP contribution in [0.1, 0.15) is 36.2 Å². The van der Waals surface area contributed by atoms with Crippen molar-refractivity contribution in [2.24, 2.45) is 5.92 Å². The average Bonchev–Trinajstić information content (AvgIpc) is 2.27. The Kier molecular flexibility index (Phi) is 3.89. The van der Waals surface area contributed by atoms with Gasteiger partial charge in [-0.2, -0.15) is 0 Å². The van der Waals surface area contributed by atoms with Crippen molar-refractivity contribution in [2.75, 3.05) is 7.11 Å². The Balaban J connectivity index is 3.01. The maximum absolute atomic E-state index is 11.9. The highest BCUT2D eigenvalue weighted by molar-refractivity contribution is 5.98. The fraction of sp³-hybridized carbons (Fsp3) is 0.462. The number of carbonyl (C=O) groups is 1. The van der Waals surface area contributed by atoms with Gasteiger partial charge in [0.15, 0.2) is 5.78 Å². The molecule has 1 unspecified atom stereocenters. The lowest BCUT2D eigenvalue weighted by molar-refractivity contribution is 0.0927. The van der Waals surface area contributed by atoms with Crippen molar-refractivity contribution in [1.29, 1.82) is 0 Å². The van der Waals surface area contributed by atoms with Gasteiger partial charge in [0.1, 0.15) is 5.75 Å². The number of carbonyl (C=O) groups excluding carboxylic acids is 1. The molecule has 0 aliphatic heterocycles. The summed E-state index contributed by atoms with van der Waals surface area (Å²) in [5.41, 5.74) is 1.80. The first-order valence-electron chi connectivity index (χ1n) is 5.29. The van der Waals surface area contributed by atoms with E-state index < -0.39 is 0 Å². The van der Waals surface area contributed by atoms with Crippen LogP contribution in [0.5, 0.6) is 5.75 Å². The van der Waals surface area contributed by atoms with Crippen LogP contribution in [0.3, 0.4) is 0 Å². The van der Waals surface area contributed by atoms with E-state index in [4.69, 9.17) is 4.74 Å². The molecular formula is C13H18O2. The van der Waals surface area contributed by atoms with E-state index in [0.717, 1.165) is 23.3 Å². The Morgan fingerprint density at radius 3 is 2.67 bits per heavy atom. The van der Waals surface area contributed by atoms with Crippen LogP contribution in [-0.4, -0.2) is 12.9 Å². The standard InChI is InChI=1S/C13H18O2/c1-5-9(2)13(14)11-7-6-10(3)12(8-11)15-4/h6-9H,5H2,1-4H3. The van der Waals surface area contributed by atoms with Gasteiger partial charge in [-0.3, -0.25) is 4.79 Å². The highest BCUT2D eigenvalue weighted by Crippen LogP contribution is 2.21. The maximum Gasteiger partial charge on any atom is 0.165 e. The Morgan fingerprint density at radius 2 is 2.13 bits per heavy atom. The first-order valence-corrected chi connectivity index (χ1v) is 5.29. The summed E-state index contributed by atoms with van der Waals surface area (Å²) in [6.45, 7) is 5.94. The van der Waals surface area contributed by atoms with Gasteiger partial charge in [0, 0.05) is 11.5 Å². The van der Waals surface area contributed by atoms with E-state index in [9.17, 15) is 4.79 Å². The molecule has 0 spiro atoms. The summed E-state index contributed by atoms with van der Waals surface area (Å²) in [6, 6.07) is 5.62. The zero-order valence-electron chi connectivity index (χ0n) is 9.83. The Bertz CT molecular complexity index is 356. The number of methoxy groups -OCH3 is 1. The molecule has 2 nitrogen and oxygen atoms in total. The first-order chi connectivity index (χ1) is 7.10. The molecule has 0 fully saturated rings. The van der Waals surface area contributed by atoms with E-state index in [0.29, 0.717) is 0 Å². The van der Waals surface area contributed by atoms with Crippen LogP contribution in [0.15, 0.2) is 18.2 Å². The molecule has 0 N–H and O–H groups in total. The average molecular weight is 206 g/mol. The second kappa shape index (κ2) is 4.96. The molecular weight excluding hydrogens is 188 g/mol. The van der Waals surface area contributed by atoms with Crippen molar-refractivity contribution >= 4 is 5.78 Å². The van der Waals surface area contributed by atoms with Gasteiger partial charge in [-0.15, -0.1) is 0 Å². The molecule has 82 valence electrons. The van der Waals surface area contributed by atoms with Crippen molar-refractivity contribution in [3.8, 4) is 5.75 Å². The SMILES string of the molecule is CCC(C)C(=O)c1ccc(C)c(OC)c1. The van der Waals surface area contributed by atoms with E-state index >= 15 is 0 Å². The van der Waals surface area contributed by atoms with Gasteiger partial charge >= 0.3 is 0 Å². The lowest BCUT2D eigenvalue weighted by Gasteiger charge is -2.10. The molecule has 0 saturated carbocycles. The van der Waals surface area contributed by atoms with Crippen molar-refractivity contribution in [1.82, 2.24) is 0 Å². The highest BCUT2D eigenvalue weighted by atomic mass is 16.5. The molecule has 0 radical (unpaired) electrons. The van der Waals surface area contributed by atoms with E-state index in [2.05, 4.69) is 0 Å². The molecule has 0 amide bonds. The van der Waals surface area contributed by atoms with E-state index in [1.807, 2.05) is 39.0 Å². The fourth-order valence-corrected chi connectivity index (χ4v) is 1.44. The fourth-order valence-electron chi connectivity index (χ4n) is 1.44. The third kappa shape index (κ3) is 2.58. The topological polar surface area (TPSA) is 26.3 Å². The normalized spacial score (nSPS) is 12.3. The number of benzene rings is 1. The molecule has 15 heavy (non-hydrogen) atoms. The van der Waals surface area contributed by atoms with E-state index in [-0.39, 0.29) is 11.7 Å². The van der Waals surface area contributed by atoms with Crippen molar-refractivity contribution in [3.05, 3.63) is 29.3 Å². The first kappa shape index (κ1) is 11.8. The number of hydrogen-bond acceptors (Lipinski definition) is 2. The summed E-state index contributed by atoms with van der Waals surface area (Å²) >= 11 is 0. The van der Waals surface area contributed by atoms with Gasteiger partial charge in [0.05, 0.1) is 7.11 Å². The molecule has 0 aliphatic rings. The summed E-state index contributed by atoms with van der Waals surface area (Å²) in [6.07, 6.45) is 0.870. The number of aryl methyl sites for hydroxylation is 1. The quantitative estimate of drug-likeness (QED) is 0.707. The van der Waals surface area contributed by atoms with Gasteiger partial charge in [0.25, 0.3) is 0 Å². The van der Waals surface area contributed by atoms with Crippen LogP contribution in [0.2, 0.25) is 0 Å². The molecule has 1 rings (SSSR count). The van der Waals surface area contributed by atoms with E-state index in [1.54, 1.807) is 7.11 Å². The summed E-state index contributed by atoms with van der Waals surface area (Å²) < 4.78 is 5.20. The minimum Gasteiger partial charge on any atom is -0.496 e.